The zero-order chi connectivity index (χ0) is 72.8. The molecule has 0 aliphatic carbocycles. The normalized spacial score (nSPS) is 9.97. The van der Waals surface area contributed by atoms with Crippen LogP contribution in [0.4, 0.5) is 17.1 Å². The highest BCUT2D eigenvalue weighted by Crippen LogP contribution is 2.37. The van der Waals surface area contributed by atoms with Gasteiger partial charge in [0.1, 0.15) is 0 Å². The summed E-state index contributed by atoms with van der Waals surface area (Å²) in [6, 6.07) is 72.4. The van der Waals surface area contributed by atoms with Gasteiger partial charge in [0.15, 0.2) is 0 Å². The Morgan fingerprint density at radius 1 is 0.229 bits per heavy atom. The van der Waals surface area contributed by atoms with Crippen LogP contribution in [0, 0.1) is 0 Å². The summed E-state index contributed by atoms with van der Waals surface area (Å²) in [7, 11) is 25.4. The number of aryl methyl sites for hydroxylation is 3. The third kappa shape index (κ3) is 22.1. The fraction of sp³-hybridized carbons (Fsp3) is 0.379. The fourth-order valence-electron chi connectivity index (χ4n) is 11.4. The molecule has 0 spiro atoms. The highest BCUT2D eigenvalue weighted by molar-refractivity contribution is 6.11. The van der Waals surface area contributed by atoms with Crippen LogP contribution >= 0.6 is 0 Å². The first-order valence-corrected chi connectivity index (χ1v) is 35.9. The van der Waals surface area contributed by atoms with E-state index in [1.165, 1.54) is 116 Å². The molecule has 0 N–H and O–H groups in total. The summed E-state index contributed by atoms with van der Waals surface area (Å²) in [5, 5.41) is 7.88. The standard InChI is InChI=1S/3C23H25N3.9C2H6/c1-24(2)16-25(3)21-11-7-5-9-18(21)17-13-14-20-19-10-6-8-12-22(19)26(4)23(20)15-17;1-24(2)16-25(3)19-9-7-8-17(14-19)18-12-13-21-20-10-5-6-11-22(20)26(4)23(21)15-18;1-24(2)16-25(3)19-12-9-17(10-13-19)18-11-14-21-20-7-5-6-8-22(20)26(4)23(21)15-18;9*1-2/h3*5-15H,16H2,1-4H3;9*1-2H3. The van der Waals surface area contributed by atoms with E-state index in [0.29, 0.717) is 0 Å². The van der Waals surface area contributed by atoms with Crippen LogP contribution in [0.3, 0.4) is 0 Å². The van der Waals surface area contributed by atoms with E-state index in [0.717, 1.165) is 20.0 Å². The van der Waals surface area contributed by atoms with Gasteiger partial charge in [-0.25, -0.2) is 0 Å². The quantitative estimate of drug-likeness (QED) is 0.113. The second kappa shape index (κ2) is 45.9. The molecule has 0 atom stereocenters. The number of anilines is 3. The molecule has 12 aromatic rings. The molecule has 0 fully saturated rings. The molecule has 96 heavy (non-hydrogen) atoms. The van der Waals surface area contributed by atoms with E-state index in [1.54, 1.807) is 0 Å². The summed E-state index contributed by atoms with van der Waals surface area (Å²) < 4.78 is 6.86. The minimum absolute atomic E-state index is 0.882. The maximum atomic E-state index is 2.32. The number of rotatable bonds is 12. The van der Waals surface area contributed by atoms with Gasteiger partial charge in [0.2, 0.25) is 0 Å². The Bertz CT molecular complexity index is 4050. The van der Waals surface area contributed by atoms with E-state index in [4.69, 9.17) is 0 Å². The van der Waals surface area contributed by atoms with Gasteiger partial charge in [0.25, 0.3) is 0 Å². The number of benzene rings is 9. The van der Waals surface area contributed by atoms with Gasteiger partial charge in [-0.2, -0.15) is 0 Å². The van der Waals surface area contributed by atoms with Crippen LogP contribution in [0.25, 0.3) is 98.8 Å². The van der Waals surface area contributed by atoms with Crippen LogP contribution in [0.15, 0.2) is 200 Å². The lowest BCUT2D eigenvalue weighted by Crippen LogP contribution is -2.30. The Morgan fingerprint density at radius 3 is 0.917 bits per heavy atom. The van der Waals surface area contributed by atoms with Gasteiger partial charge in [-0.15, -0.1) is 0 Å². The van der Waals surface area contributed by atoms with Crippen LogP contribution in [0.2, 0.25) is 0 Å². The van der Waals surface area contributed by atoms with Crippen LogP contribution < -0.4 is 14.7 Å². The molecule has 9 aromatic carbocycles. The highest BCUT2D eigenvalue weighted by Gasteiger charge is 2.15. The van der Waals surface area contributed by atoms with Gasteiger partial charge in [-0.05, 0) is 137 Å². The third-order valence-electron chi connectivity index (χ3n) is 15.1. The maximum absolute atomic E-state index is 2.32. The zero-order valence-corrected chi connectivity index (χ0v) is 65.7. The molecular weight excluding hydrogens is 1170 g/mol. The monoisotopic (exact) mass is 1300 g/mol. The minimum atomic E-state index is 0.882. The molecule has 0 bridgehead atoms. The van der Waals surface area contributed by atoms with Crippen molar-refractivity contribution in [2.75, 3.05) is 98.1 Å². The van der Waals surface area contributed by atoms with Crippen molar-refractivity contribution in [2.45, 2.75) is 125 Å². The van der Waals surface area contributed by atoms with E-state index in [-0.39, 0.29) is 0 Å². The SMILES string of the molecule is CC.CC.CC.CC.CC.CC.CC.CC.CC.CN(C)CN(C)c1ccc(-c2ccc3c4ccccc4n(C)c3c2)cc1.CN(C)CN(C)c1cccc(-c2ccc3c4ccccc4n(C)c3c2)c1.CN(C)CN(C)c1ccccc1-c1ccc2c3ccccc3n(C)c2c1. The van der Waals surface area contributed by atoms with E-state index in [1.807, 2.05) is 125 Å². The molecule has 3 heterocycles. The molecule has 0 aliphatic rings. The first-order valence-electron chi connectivity index (χ1n) is 35.9. The molecule has 522 valence electrons. The maximum Gasteiger partial charge on any atom is 0.0699 e. The Balaban J connectivity index is 0.000000643. The number of aromatic nitrogens is 3. The summed E-state index contributed by atoms with van der Waals surface area (Å²) in [6.07, 6.45) is 0. The van der Waals surface area contributed by atoms with Crippen molar-refractivity contribution in [3.63, 3.8) is 0 Å². The average molecular weight is 1300 g/mol. The largest absolute Gasteiger partial charge is 0.362 e. The third-order valence-corrected chi connectivity index (χ3v) is 15.1. The molecule has 0 saturated heterocycles. The smallest absolute Gasteiger partial charge is 0.0699 e. The van der Waals surface area contributed by atoms with Gasteiger partial charge >= 0.3 is 0 Å². The minimum Gasteiger partial charge on any atom is -0.362 e. The van der Waals surface area contributed by atoms with Crippen molar-refractivity contribution >= 4 is 82.5 Å². The molecule has 9 nitrogen and oxygen atoms in total. The predicted molar refractivity (Wildman–Crippen MR) is 441 cm³/mol. The Morgan fingerprint density at radius 2 is 0.521 bits per heavy atom. The van der Waals surface area contributed by atoms with E-state index < -0.39 is 0 Å². The van der Waals surface area contributed by atoms with Crippen LogP contribution in [0.5, 0.6) is 0 Å². The van der Waals surface area contributed by atoms with E-state index >= 15 is 0 Å². The number of para-hydroxylation sites is 4. The van der Waals surface area contributed by atoms with Crippen molar-refractivity contribution in [3.8, 4) is 33.4 Å². The Labute approximate surface area is 585 Å². The first kappa shape index (κ1) is 85.7. The second-order valence-electron chi connectivity index (χ2n) is 21.8. The van der Waals surface area contributed by atoms with E-state index in [9.17, 15) is 0 Å². The lowest BCUT2D eigenvalue weighted by atomic mass is 10.0. The molecular formula is C87H129N9. The summed E-state index contributed by atoms with van der Waals surface area (Å²) in [6.45, 7) is 38.7. The van der Waals surface area contributed by atoms with Gasteiger partial charge in [0.05, 0.1) is 20.0 Å². The van der Waals surface area contributed by atoms with Crippen molar-refractivity contribution in [1.29, 1.82) is 0 Å². The van der Waals surface area contributed by atoms with Crippen molar-refractivity contribution in [1.82, 2.24) is 28.4 Å². The zero-order valence-electron chi connectivity index (χ0n) is 65.7. The van der Waals surface area contributed by atoms with Crippen LogP contribution in [-0.2, 0) is 21.1 Å². The Hall–Kier alpha value is -8.34. The molecule has 12 rings (SSSR count). The summed E-state index contributed by atoms with van der Waals surface area (Å²) in [5.41, 5.74) is 18.9. The Kier molecular flexibility index (Phi) is 41.0. The topological polar surface area (TPSA) is 34.2 Å². The fourth-order valence-corrected chi connectivity index (χ4v) is 11.4. The van der Waals surface area contributed by atoms with Crippen LogP contribution in [0.1, 0.15) is 125 Å². The first-order chi connectivity index (χ1) is 46.6. The summed E-state index contributed by atoms with van der Waals surface area (Å²) in [4.78, 5) is 13.3. The molecule has 9 heteroatoms. The van der Waals surface area contributed by atoms with Gasteiger partial charge < -0.3 is 28.4 Å². The summed E-state index contributed by atoms with van der Waals surface area (Å²) in [5.74, 6) is 0. The lowest BCUT2D eigenvalue weighted by Gasteiger charge is -2.25. The van der Waals surface area contributed by atoms with Crippen molar-refractivity contribution in [2.24, 2.45) is 21.1 Å². The van der Waals surface area contributed by atoms with Gasteiger partial charge in [-0.1, -0.05) is 258 Å². The van der Waals surface area contributed by atoms with Gasteiger partial charge in [-0.3, -0.25) is 14.7 Å². The van der Waals surface area contributed by atoms with Crippen LogP contribution in [-0.4, -0.2) is 112 Å². The molecule has 0 unspecified atom stereocenters. The van der Waals surface area contributed by atoms with Crippen molar-refractivity contribution < 1.29 is 0 Å². The number of fused-ring (bicyclic) bond motifs is 9. The molecule has 0 aliphatic heterocycles. The van der Waals surface area contributed by atoms with E-state index in [2.05, 4.69) is 328 Å². The lowest BCUT2D eigenvalue weighted by molar-refractivity contribution is 0.412. The number of hydrogen-bond acceptors (Lipinski definition) is 6. The second-order valence-corrected chi connectivity index (χ2v) is 21.8. The summed E-state index contributed by atoms with van der Waals surface area (Å²) >= 11 is 0. The molecule has 3 aromatic heterocycles. The van der Waals surface area contributed by atoms with Gasteiger partial charge in [0, 0.05) is 130 Å². The average Bonchev–Trinajstić information content (AvgIpc) is 1.62. The molecule has 0 saturated carbocycles. The van der Waals surface area contributed by atoms with Crippen molar-refractivity contribution in [3.05, 3.63) is 200 Å². The number of nitrogens with zero attached hydrogens (tertiary/aromatic N) is 9. The number of hydrogen-bond donors (Lipinski definition) is 0. The molecule has 0 amide bonds. The molecule has 0 radical (unpaired) electrons. The highest BCUT2D eigenvalue weighted by atomic mass is 15.3. The predicted octanol–water partition coefficient (Wildman–Crippen LogP) is 24.1.